The van der Waals surface area contributed by atoms with Crippen LogP contribution in [-0.2, 0) is 11.3 Å². The van der Waals surface area contributed by atoms with Crippen molar-refractivity contribution in [3.8, 4) is 0 Å². The first-order valence-corrected chi connectivity index (χ1v) is 13.0. The van der Waals surface area contributed by atoms with E-state index in [2.05, 4.69) is 49.3 Å². The van der Waals surface area contributed by atoms with E-state index in [0.717, 1.165) is 28.8 Å². The van der Waals surface area contributed by atoms with Gasteiger partial charge in [0.1, 0.15) is 0 Å². The summed E-state index contributed by atoms with van der Waals surface area (Å²) in [5.41, 5.74) is 3.70. The van der Waals surface area contributed by atoms with E-state index < -0.39 is 5.25 Å². The maximum Gasteiger partial charge on any atom is 0.262 e. The van der Waals surface area contributed by atoms with Gasteiger partial charge in [0.15, 0.2) is 5.16 Å². The zero-order valence-corrected chi connectivity index (χ0v) is 22.0. The van der Waals surface area contributed by atoms with Crippen LogP contribution in [0.3, 0.4) is 0 Å². The Morgan fingerprint density at radius 3 is 2.49 bits per heavy atom. The van der Waals surface area contributed by atoms with Gasteiger partial charge in [0.05, 0.1) is 16.2 Å². The van der Waals surface area contributed by atoms with Gasteiger partial charge in [0.2, 0.25) is 11.7 Å². The molecule has 4 aromatic rings. The van der Waals surface area contributed by atoms with Crippen LogP contribution in [0.1, 0.15) is 58.1 Å². The number of carbonyl (C=O) groups excluding carboxylic acids is 1. The lowest BCUT2D eigenvalue weighted by Gasteiger charge is -2.18. The van der Waals surface area contributed by atoms with Crippen LogP contribution in [0, 0.1) is 12.8 Å². The van der Waals surface area contributed by atoms with E-state index in [4.69, 9.17) is 0 Å². The number of anilines is 1. The second-order valence-corrected chi connectivity index (χ2v) is 11.0. The first-order chi connectivity index (χ1) is 16.7. The molecule has 0 saturated heterocycles. The first kappa shape index (κ1) is 25.0. The third-order valence-electron chi connectivity index (χ3n) is 6.23. The molecule has 2 aromatic heterocycles. The molecule has 35 heavy (non-hydrogen) atoms. The molecule has 184 valence electrons. The Balaban J connectivity index is 1.70. The molecule has 0 spiro atoms. The van der Waals surface area contributed by atoms with Crippen molar-refractivity contribution in [2.45, 2.75) is 70.8 Å². The van der Waals surface area contributed by atoms with Crippen molar-refractivity contribution in [3.63, 3.8) is 0 Å². The van der Waals surface area contributed by atoms with Crippen LogP contribution >= 0.6 is 11.8 Å². The summed E-state index contributed by atoms with van der Waals surface area (Å²) in [4.78, 5) is 26.4. The van der Waals surface area contributed by atoms with Gasteiger partial charge in [-0.15, -0.1) is 10.2 Å². The molecule has 0 saturated carbocycles. The Kier molecular flexibility index (Phi) is 7.31. The Labute approximate surface area is 210 Å². The van der Waals surface area contributed by atoms with Crippen molar-refractivity contribution in [2.75, 3.05) is 5.32 Å². The average Bonchev–Trinajstić information content (AvgIpc) is 3.23. The molecule has 1 atom stereocenters. The maximum absolute atomic E-state index is 13.2. The van der Waals surface area contributed by atoms with Gasteiger partial charge in [0, 0.05) is 12.2 Å². The number of carbonyl (C=O) groups is 1. The van der Waals surface area contributed by atoms with E-state index in [0.29, 0.717) is 34.7 Å². The molecule has 0 aliphatic rings. The molecule has 8 heteroatoms. The van der Waals surface area contributed by atoms with E-state index in [1.54, 1.807) is 4.57 Å². The number of rotatable bonds is 8. The largest absolute Gasteiger partial charge is 0.325 e. The number of para-hydroxylation sites is 2. The Hall–Kier alpha value is -3.13. The van der Waals surface area contributed by atoms with Crippen molar-refractivity contribution < 1.29 is 4.79 Å². The number of amides is 1. The lowest BCUT2D eigenvalue weighted by Crippen LogP contribution is -2.25. The van der Waals surface area contributed by atoms with Crippen molar-refractivity contribution >= 4 is 40.0 Å². The molecule has 0 bridgehead atoms. The number of nitrogens with one attached hydrogen (secondary N) is 1. The van der Waals surface area contributed by atoms with E-state index in [1.165, 1.54) is 11.8 Å². The molecule has 7 nitrogen and oxygen atoms in total. The van der Waals surface area contributed by atoms with Gasteiger partial charge in [-0.05, 0) is 55.4 Å². The number of fused-ring (bicyclic) bond motifs is 3. The molecule has 0 aliphatic heterocycles. The number of hydrogen-bond acceptors (Lipinski definition) is 5. The van der Waals surface area contributed by atoms with Crippen molar-refractivity contribution in [2.24, 2.45) is 5.92 Å². The SMILES string of the molecule is Cc1cccc(C(C)C)c1NC(=O)C(C)Sc1nnc2n(CCC(C)C)c(=O)c3ccccc3n12. The average molecular weight is 492 g/mol. The van der Waals surface area contributed by atoms with Crippen LogP contribution in [0.2, 0.25) is 0 Å². The van der Waals surface area contributed by atoms with E-state index in [1.807, 2.05) is 54.6 Å². The highest BCUT2D eigenvalue weighted by Crippen LogP contribution is 2.30. The van der Waals surface area contributed by atoms with Crippen LogP contribution in [0.15, 0.2) is 52.4 Å². The third-order valence-corrected chi connectivity index (χ3v) is 7.28. The molecule has 2 heterocycles. The standard InChI is InChI=1S/C27H33N5O2S/c1-16(2)14-15-31-25(34)21-11-7-8-13-22(21)32-26(31)29-30-27(32)35-19(6)24(33)28-23-18(5)10-9-12-20(23)17(3)4/h7-13,16-17,19H,14-15H2,1-6H3,(H,28,33). The van der Waals surface area contributed by atoms with Crippen LogP contribution < -0.4 is 10.9 Å². The van der Waals surface area contributed by atoms with Crippen molar-refractivity contribution in [1.29, 1.82) is 0 Å². The van der Waals surface area contributed by atoms with Gasteiger partial charge < -0.3 is 5.32 Å². The molecule has 1 amide bonds. The molecule has 1 unspecified atom stereocenters. The summed E-state index contributed by atoms with van der Waals surface area (Å²) in [5.74, 6) is 1.15. The van der Waals surface area contributed by atoms with Gasteiger partial charge in [0.25, 0.3) is 5.56 Å². The van der Waals surface area contributed by atoms with Crippen LogP contribution in [0.5, 0.6) is 0 Å². The number of aryl methyl sites for hydroxylation is 2. The van der Waals surface area contributed by atoms with Crippen molar-refractivity contribution in [1.82, 2.24) is 19.2 Å². The van der Waals surface area contributed by atoms with Gasteiger partial charge in [-0.2, -0.15) is 0 Å². The fraction of sp³-hybridized carbons (Fsp3) is 0.407. The minimum Gasteiger partial charge on any atom is -0.325 e. The summed E-state index contributed by atoms with van der Waals surface area (Å²) in [6.07, 6.45) is 0.858. The fourth-order valence-electron chi connectivity index (χ4n) is 4.18. The predicted octanol–water partition coefficient (Wildman–Crippen LogP) is 5.64. The number of benzene rings is 2. The van der Waals surface area contributed by atoms with Gasteiger partial charge in [-0.25, -0.2) is 0 Å². The van der Waals surface area contributed by atoms with E-state index in [9.17, 15) is 9.59 Å². The molecular weight excluding hydrogens is 458 g/mol. The molecule has 2 aromatic carbocycles. The Morgan fingerprint density at radius 1 is 1.03 bits per heavy atom. The molecule has 1 N–H and O–H groups in total. The lowest BCUT2D eigenvalue weighted by molar-refractivity contribution is -0.115. The highest BCUT2D eigenvalue weighted by molar-refractivity contribution is 8.00. The molecule has 0 radical (unpaired) electrons. The summed E-state index contributed by atoms with van der Waals surface area (Å²) in [6, 6.07) is 13.6. The quantitative estimate of drug-likeness (QED) is 0.323. The number of aromatic nitrogens is 4. The molecule has 0 fully saturated rings. The van der Waals surface area contributed by atoms with Gasteiger partial charge in [-0.1, -0.05) is 69.8 Å². The van der Waals surface area contributed by atoms with Crippen LogP contribution in [-0.4, -0.2) is 30.3 Å². The minimum absolute atomic E-state index is 0.0655. The monoisotopic (exact) mass is 491 g/mol. The van der Waals surface area contributed by atoms with Crippen LogP contribution in [0.4, 0.5) is 5.69 Å². The number of thioether (sulfide) groups is 1. The summed E-state index contributed by atoms with van der Waals surface area (Å²) in [5, 5.41) is 12.7. The zero-order valence-electron chi connectivity index (χ0n) is 21.2. The van der Waals surface area contributed by atoms with E-state index in [-0.39, 0.29) is 11.5 Å². The summed E-state index contributed by atoms with van der Waals surface area (Å²) in [7, 11) is 0. The topological polar surface area (TPSA) is 81.3 Å². The summed E-state index contributed by atoms with van der Waals surface area (Å²) in [6.45, 7) is 12.9. The van der Waals surface area contributed by atoms with Gasteiger partial charge >= 0.3 is 0 Å². The smallest absolute Gasteiger partial charge is 0.262 e. The lowest BCUT2D eigenvalue weighted by atomic mass is 9.98. The Morgan fingerprint density at radius 2 is 1.77 bits per heavy atom. The summed E-state index contributed by atoms with van der Waals surface area (Å²) < 4.78 is 3.60. The van der Waals surface area contributed by atoms with Gasteiger partial charge in [-0.3, -0.25) is 18.6 Å². The molecule has 4 rings (SSSR count). The first-order valence-electron chi connectivity index (χ1n) is 12.1. The maximum atomic E-state index is 13.2. The minimum atomic E-state index is -0.420. The highest BCUT2D eigenvalue weighted by atomic mass is 32.2. The number of hydrogen-bond donors (Lipinski definition) is 1. The third kappa shape index (κ3) is 4.98. The molecule has 0 aliphatic carbocycles. The second-order valence-electron chi connectivity index (χ2n) is 9.72. The molecular formula is C27H33N5O2S. The van der Waals surface area contributed by atoms with Crippen molar-refractivity contribution in [3.05, 3.63) is 63.9 Å². The van der Waals surface area contributed by atoms with E-state index >= 15 is 0 Å². The summed E-state index contributed by atoms with van der Waals surface area (Å²) >= 11 is 1.34. The Bertz CT molecular complexity index is 1440. The predicted molar refractivity (Wildman–Crippen MR) is 143 cm³/mol. The fourth-order valence-corrected chi connectivity index (χ4v) is 5.03. The normalized spacial score (nSPS) is 12.7. The highest BCUT2D eigenvalue weighted by Gasteiger charge is 2.23. The van der Waals surface area contributed by atoms with Crippen LogP contribution in [0.25, 0.3) is 16.7 Å². The second kappa shape index (κ2) is 10.2. The number of nitrogens with zero attached hydrogens (tertiary/aromatic N) is 4. The zero-order chi connectivity index (χ0) is 25.3.